The minimum Gasteiger partial charge on any atom is -0.481 e. The molecular weight excluding hydrogens is 271 g/mol. The smallest absolute Gasteiger partial charge is 0.307 e. The van der Waals surface area contributed by atoms with Crippen molar-refractivity contribution in [1.29, 1.82) is 0 Å². The van der Waals surface area contributed by atoms with E-state index < -0.39 is 5.97 Å². The molecule has 0 unspecified atom stereocenters. The lowest BCUT2D eigenvalue weighted by Gasteiger charge is -2.02. The number of aliphatic carboxylic acids is 1. The van der Waals surface area contributed by atoms with E-state index in [2.05, 4.69) is 0 Å². The van der Waals surface area contributed by atoms with Crippen LogP contribution in [-0.2, 0) is 11.2 Å². The maximum atomic E-state index is 10.4. The highest BCUT2D eigenvalue weighted by Crippen LogP contribution is 2.20. The van der Waals surface area contributed by atoms with Gasteiger partial charge in [0.1, 0.15) is 5.75 Å². The molecule has 64 valence electrons. The van der Waals surface area contributed by atoms with Crippen LogP contribution < -0.4 is 3.07 Å². The van der Waals surface area contributed by atoms with Crippen LogP contribution in [-0.4, -0.2) is 11.1 Å². The van der Waals surface area contributed by atoms with Crippen LogP contribution >= 0.6 is 23.0 Å². The SMILES string of the molecule is O=C(O)Cc1ccccc1OI. The number of para-hydroxylation sites is 1. The Hall–Kier alpha value is -0.780. The van der Waals surface area contributed by atoms with E-state index in [0.717, 1.165) is 0 Å². The molecule has 0 aliphatic rings. The molecule has 0 heterocycles. The highest BCUT2D eigenvalue weighted by atomic mass is 127. The molecule has 0 saturated heterocycles. The van der Waals surface area contributed by atoms with Gasteiger partial charge in [-0.05, 0) is 6.07 Å². The Morgan fingerprint density at radius 3 is 2.75 bits per heavy atom. The molecule has 3 nitrogen and oxygen atoms in total. The molecule has 0 saturated carbocycles. The summed E-state index contributed by atoms with van der Waals surface area (Å²) < 4.78 is 4.95. The summed E-state index contributed by atoms with van der Waals surface area (Å²) in [6.07, 6.45) is -0.000819. The molecule has 0 bridgehead atoms. The largest absolute Gasteiger partial charge is 0.481 e. The van der Waals surface area contributed by atoms with Crippen molar-refractivity contribution in [2.24, 2.45) is 0 Å². The van der Waals surface area contributed by atoms with Gasteiger partial charge >= 0.3 is 5.97 Å². The Labute approximate surface area is 84.0 Å². The van der Waals surface area contributed by atoms with Crippen LogP contribution in [0.25, 0.3) is 0 Å². The Kier molecular flexibility index (Phi) is 3.33. The van der Waals surface area contributed by atoms with Crippen LogP contribution in [0.2, 0.25) is 0 Å². The van der Waals surface area contributed by atoms with Crippen molar-refractivity contribution in [3.8, 4) is 5.75 Å². The van der Waals surface area contributed by atoms with Gasteiger partial charge in [-0.2, -0.15) is 0 Å². The molecule has 12 heavy (non-hydrogen) atoms. The summed E-state index contributed by atoms with van der Waals surface area (Å²) in [6, 6.07) is 7.07. The van der Waals surface area contributed by atoms with E-state index in [1.807, 2.05) is 0 Å². The van der Waals surface area contributed by atoms with E-state index in [0.29, 0.717) is 11.3 Å². The second-order valence-electron chi connectivity index (χ2n) is 2.26. The first-order valence-corrected chi connectivity index (χ1v) is 4.20. The van der Waals surface area contributed by atoms with Gasteiger partial charge in [0, 0.05) is 5.56 Å². The molecule has 0 atom stereocenters. The number of benzene rings is 1. The summed E-state index contributed by atoms with van der Waals surface area (Å²) in [6.45, 7) is 0. The number of hydrogen-bond donors (Lipinski definition) is 1. The molecule has 0 radical (unpaired) electrons. The molecule has 1 rings (SSSR count). The maximum absolute atomic E-state index is 10.4. The van der Waals surface area contributed by atoms with Gasteiger partial charge in [-0.15, -0.1) is 0 Å². The minimum atomic E-state index is -0.851. The number of carboxylic acids is 1. The quantitative estimate of drug-likeness (QED) is 0.861. The molecule has 1 N–H and O–H groups in total. The lowest BCUT2D eigenvalue weighted by Crippen LogP contribution is -2.00. The van der Waals surface area contributed by atoms with E-state index >= 15 is 0 Å². The standard InChI is InChI=1S/C8H7IO3/c9-12-7-4-2-1-3-6(7)5-8(10)11/h1-4H,5H2,(H,10,11). The van der Waals surface area contributed by atoms with E-state index in [1.165, 1.54) is 0 Å². The highest BCUT2D eigenvalue weighted by molar-refractivity contribution is 14.1. The number of halogens is 1. The number of hydrogen-bond acceptors (Lipinski definition) is 2. The molecule has 0 aliphatic carbocycles. The Morgan fingerprint density at radius 1 is 1.50 bits per heavy atom. The van der Waals surface area contributed by atoms with Crippen LogP contribution in [0.4, 0.5) is 0 Å². The third-order valence-electron chi connectivity index (χ3n) is 1.40. The van der Waals surface area contributed by atoms with E-state index in [9.17, 15) is 4.79 Å². The molecule has 0 amide bonds. The summed E-state index contributed by atoms with van der Waals surface area (Å²) in [5, 5.41) is 8.53. The third-order valence-corrected chi connectivity index (χ3v) is 1.87. The summed E-state index contributed by atoms with van der Waals surface area (Å²) >= 11 is 1.73. The average Bonchev–Trinajstić information content (AvgIpc) is 2.04. The van der Waals surface area contributed by atoms with E-state index in [4.69, 9.17) is 8.17 Å². The van der Waals surface area contributed by atoms with Gasteiger partial charge in [0.25, 0.3) is 0 Å². The van der Waals surface area contributed by atoms with Crippen LogP contribution in [0.15, 0.2) is 24.3 Å². The van der Waals surface area contributed by atoms with Crippen LogP contribution in [0.3, 0.4) is 0 Å². The molecule has 0 aromatic heterocycles. The zero-order valence-corrected chi connectivity index (χ0v) is 8.32. The Balaban J connectivity index is 2.89. The predicted molar refractivity (Wildman–Crippen MR) is 52.4 cm³/mol. The molecule has 1 aromatic rings. The van der Waals surface area contributed by atoms with Gasteiger partial charge in [-0.25, -0.2) is 0 Å². The fourth-order valence-electron chi connectivity index (χ4n) is 0.888. The van der Waals surface area contributed by atoms with Gasteiger partial charge in [-0.3, -0.25) is 4.79 Å². The summed E-state index contributed by atoms with van der Waals surface area (Å²) in [4.78, 5) is 10.4. The summed E-state index contributed by atoms with van der Waals surface area (Å²) in [7, 11) is 0. The van der Waals surface area contributed by atoms with Crippen molar-refractivity contribution in [3.05, 3.63) is 29.8 Å². The summed E-state index contributed by atoms with van der Waals surface area (Å²) in [5.74, 6) is -0.239. The molecule has 4 heteroatoms. The molecule has 0 fully saturated rings. The second kappa shape index (κ2) is 4.30. The highest BCUT2D eigenvalue weighted by Gasteiger charge is 2.05. The first-order valence-electron chi connectivity index (χ1n) is 3.32. The zero-order valence-electron chi connectivity index (χ0n) is 6.16. The van der Waals surface area contributed by atoms with E-state index in [-0.39, 0.29) is 6.42 Å². The van der Waals surface area contributed by atoms with Crippen molar-refractivity contribution in [2.45, 2.75) is 6.42 Å². The van der Waals surface area contributed by atoms with Crippen molar-refractivity contribution in [2.75, 3.05) is 0 Å². The average molecular weight is 278 g/mol. The van der Waals surface area contributed by atoms with Crippen molar-refractivity contribution >= 4 is 29.0 Å². The van der Waals surface area contributed by atoms with Crippen molar-refractivity contribution < 1.29 is 13.0 Å². The Morgan fingerprint density at radius 2 is 2.17 bits per heavy atom. The maximum Gasteiger partial charge on any atom is 0.307 e. The number of rotatable bonds is 3. The monoisotopic (exact) mass is 278 g/mol. The topological polar surface area (TPSA) is 46.5 Å². The lowest BCUT2D eigenvalue weighted by atomic mass is 10.1. The summed E-state index contributed by atoms with van der Waals surface area (Å²) in [5.41, 5.74) is 0.694. The van der Waals surface area contributed by atoms with Gasteiger partial charge in [0.05, 0.1) is 6.42 Å². The van der Waals surface area contributed by atoms with Crippen LogP contribution in [0, 0.1) is 0 Å². The first kappa shape index (κ1) is 9.31. The van der Waals surface area contributed by atoms with Crippen LogP contribution in [0.5, 0.6) is 5.75 Å². The fourth-order valence-corrected chi connectivity index (χ4v) is 1.32. The van der Waals surface area contributed by atoms with Crippen molar-refractivity contribution in [1.82, 2.24) is 0 Å². The predicted octanol–water partition coefficient (Wildman–Crippen LogP) is 2.04. The molecular formula is C8H7IO3. The van der Waals surface area contributed by atoms with Gasteiger partial charge in [-0.1, -0.05) is 18.2 Å². The van der Waals surface area contributed by atoms with Gasteiger partial charge in [0.2, 0.25) is 0 Å². The lowest BCUT2D eigenvalue weighted by molar-refractivity contribution is -0.136. The number of carbonyl (C=O) groups is 1. The van der Waals surface area contributed by atoms with Gasteiger partial charge < -0.3 is 8.17 Å². The first-order chi connectivity index (χ1) is 5.74. The molecule has 0 spiro atoms. The second-order valence-corrected chi connectivity index (χ2v) is 2.70. The third kappa shape index (κ3) is 2.37. The minimum absolute atomic E-state index is 0.000819. The van der Waals surface area contributed by atoms with E-state index in [1.54, 1.807) is 47.3 Å². The Bertz CT molecular complexity index is 285. The normalized spacial score (nSPS) is 9.42. The van der Waals surface area contributed by atoms with Crippen molar-refractivity contribution in [3.63, 3.8) is 0 Å². The van der Waals surface area contributed by atoms with Crippen LogP contribution in [0.1, 0.15) is 5.56 Å². The van der Waals surface area contributed by atoms with Gasteiger partial charge in [0.15, 0.2) is 23.0 Å². The number of carboxylic acid groups (broad SMARTS) is 1. The zero-order chi connectivity index (χ0) is 8.97. The molecule has 1 aromatic carbocycles. The molecule has 0 aliphatic heterocycles. The fraction of sp³-hybridized carbons (Fsp3) is 0.125.